The minimum atomic E-state index is -4.13. The average molecular weight is 349 g/mol. The lowest BCUT2D eigenvalue weighted by molar-refractivity contribution is -0.143. The van der Waals surface area contributed by atoms with E-state index in [2.05, 4.69) is 27.4 Å². The number of nitrogens with one attached hydrogen (secondary N) is 2. The van der Waals surface area contributed by atoms with Crippen LogP contribution < -0.4 is 10.6 Å². The highest BCUT2D eigenvalue weighted by molar-refractivity contribution is 5.80. The van der Waals surface area contributed by atoms with Gasteiger partial charge in [0.25, 0.3) is 0 Å². The molecule has 2 aliphatic heterocycles. The van der Waals surface area contributed by atoms with E-state index in [-0.39, 0.29) is 6.04 Å². The van der Waals surface area contributed by atoms with E-state index >= 15 is 0 Å². The second kappa shape index (κ2) is 8.89. The molecule has 2 heterocycles. The molecule has 0 spiro atoms. The van der Waals surface area contributed by atoms with Gasteiger partial charge in [-0.15, -0.1) is 0 Å². The predicted octanol–water partition coefficient (Wildman–Crippen LogP) is 1.66. The van der Waals surface area contributed by atoms with Crippen LogP contribution in [0.2, 0.25) is 0 Å². The highest BCUT2D eigenvalue weighted by Gasteiger charge is 2.34. The number of piperidine rings is 1. The maximum atomic E-state index is 12.5. The van der Waals surface area contributed by atoms with Gasteiger partial charge in [-0.3, -0.25) is 14.8 Å². The summed E-state index contributed by atoms with van der Waals surface area (Å²) in [6.45, 7) is 5.25. The fourth-order valence-electron chi connectivity index (χ4n) is 3.66. The van der Waals surface area contributed by atoms with Crippen LogP contribution in [-0.2, 0) is 0 Å². The Morgan fingerprint density at radius 2 is 2.00 bits per heavy atom. The van der Waals surface area contributed by atoms with Crippen molar-refractivity contribution in [1.82, 2.24) is 20.4 Å². The summed E-state index contributed by atoms with van der Waals surface area (Å²) in [6, 6.07) is 0.528. The van der Waals surface area contributed by atoms with Crippen LogP contribution in [0.5, 0.6) is 0 Å². The Kier molecular flexibility index (Phi) is 7.16. The molecular formula is C16H30F3N5. The van der Waals surface area contributed by atoms with Crippen molar-refractivity contribution in [2.75, 3.05) is 46.3 Å². The number of nitrogens with zero attached hydrogens (tertiary/aromatic N) is 3. The Morgan fingerprint density at radius 3 is 2.67 bits per heavy atom. The quantitative estimate of drug-likeness (QED) is 0.585. The van der Waals surface area contributed by atoms with Crippen molar-refractivity contribution in [3.63, 3.8) is 0 Å². The summed E-state index contributed by atoms with van der Waals surface area (Å²) in [5.74, 6) is 0.690. The number of aliphatic imine (C=N–C) groups is 1. The molecule has 0 aliphatic carbocycles. The van der Waals surface area contributed by atoms with Crippen molar-refractivity contribution in [3.8, 4) is 0 Å². The minimum Gasteiger partial charge on any atom is -0.355 e. The third-order valence-electron chi connectivity index (χ3n) is 4.90. The molecule has 2 N–H and O–H groups in total. The first kappa shape index (κ1) is 19.3. The molecule has 140 valence electrons. The third-order valence-corrected chi connectivity index (χ3v) is 4.90. The van der Waals surface area contributed by atoms with Crippen LogP contribution in [0.1, 0.15) is 32.6 Å². The molecule has 0 bridgehead atoms. The Hall–Kier alpha value is -1.02. The van der Waals surface area contributed by atoms with Crippen molar-refractivity contribution in [1.29, 1.82) is 0 Å². The minimum absolute atomic E-state index is 0.0205. The summed E-state index contributed by atoms with van der Waals surface area (Å²) in [5.41, 5.74) is 0. The van der Waals surface area contributed by atoms with Crippen LogP contribution in [0.25, 0.3) is 0 Å². The zero-order valence-electron chi connectivity index (χ0n) is 14.7. The van der Waals surface area contributed by atoms with E-state index < -0.39 is 12.7 Å². The van der Waals surface area contributed by atoms with E-state index in [0.29, 0.717) is 31.5 Å². The fourth-order valence-corrected chi connectivity index (χ4v) is 3.66. The lowest BCUT2D eigenvalue weighted by Gasteiger charge is -2.35. The largest absolute Gasteiger partial charge is 0.401 e. The number of likely N-dealkylation sites (N-methyl/N-ethyl adjacent to an activating group) is 1. The first-order valence-electron chi connectivity index (χ1n) is 8.91. The second-order valence-electron chi connectivity index (χ2n) is 6.71. The Balaban J connectivity index is 1.75. The van der Waals surface area contributed by atoms with E-state index in [0.717, 1.165) is 19.6 Å². The summed E-state index contributed by atoms with van der Waals surface area (Å²) in [4.78, 5) is 8.15. The molecule has 0 saturated carbocycles. The summed E-state index contributed by atoms with van der Waals surface area (Å²) in [6.07, 6.45) is 0.277. The van der Waals surface area contributed by atoms with Crippen LogP contribution in [0.15, 0.2) is 4.99 Å². The Labute approximate surface area is 142 Å². The average Bonchev–Trinajstić information content (AvgIpc) is 2.96. The summed E-state index contributed by atoms with van der Waals surface area (Å²) in [7, 11) is 1.70. The SMILES string of the molecule is CCN1CCCCC1CNC(=NC)NC1CCN(CC(F)(F)F)C1. The van der Waals surface area contributed by atoms with Crippen molar-refractivity contribution < 1.29 is 13.2 Å². The van der Waals surface area contributed by atoms with Gasteiger partial charge in [-0.1, -0.05) is 13.3 Å². The zero-order chi connectivity index (χ0) is 17.6. The summed E-state index contributed by atoms with van der Waals surface area (Å²) >= 11 is 0. The molecule has 0 aromatic heterocycles. The predicted molar refractivity (Wildman–Crippen MR) is 90.3 cm³/mol. The molecule has 2 unspecified atom stereocenters. The van der Waals surface area contributed by atoms with Gasteiger partial charge in [-0.2, -0.15) is 13.2 Å². The number of rotatable bonds is 5. The molecule has 2 rings (SSSR count). The maximum Gasteiger partial charge on any atom is 0.401 e. The lowest BCUT2D eigenvalue weighted by atomic mass is 10.0. The molecule has 0 aromatic carbocycles. The Bertz CT molecular complexity index is 413. The van der Waals surface area contributed by atoms with Crippen LogP contribution in [-0.4, -0.2) is 80.3 Å². The van der Waals surface area contributed by atoms with Gasteiger partial charge in [0.1, 0.15) is 0 Å². The second-order valence-corrected chi connectivity index (χ2v) is 6.71. The molecule has 2 saturated heterocycles. The zero-order valence-corrected chi connectivity index (χ0v) is 14.7. The molecular weight excluding hydrogens is 319 g/mol. The number of likely N-dealkylation sites (tertiary alicyclic amines) is 2. The van der Waals surface area contributed by atoms with Gasteiger partial charge in [-0.25, -0.2) is 0 Å². The highest BCUT2D eigenvalue weighted by Crippen LogP contribution is 2.20. The summed E-state index contributed by atoms with van der Waals surface area (Å²) < 4.78 is 37.4. The first-order chi connectivity index (χ1) is 11.4. The van der Waals surface area contributed by atoms with Gasteiger partial charge >= 0.3 is 6.18 Å². The van der Waals surface area contributed by atoms with E-state index in [1.165, 1.54) is 24.2 Å². The van der Waals surface area contributed by atoms with Crippen LogP contribution in [0.3, 0.4) is 0 Å². The number of guanidine groups is 1. The number of hydrogen-bond acceptors (Lipinski definition) is 3. The van der Waals surface area contributed by atoms with Gasteiger partial charge in [-0.05, 0) is 32.4 Å². The molecule has 2 atom stereocenters. The number of alkyl halides is 3. The molecule has 0 aromatic rings. The van der Waals surface area contributed by atoms with Gasteiger partial charge in [0.15, 0.2) is 5.96 Å². The van der Waals surface area contributed by atoms with Crippen molar-refractivity contribution >= 4 is 5.96 Å². The maximum absolute atomic E-state index is 12.5. The summed E-state index contributed by atoms with van der Waals surface area (Å²) in [5, 5.41) is 6.62. The van der Waals surface area contributed by atoms with E-state index in [1.54, 1.807) is 7.05 Å². The molecule has 2 fully saturated rings. The van der Waals surface area contributed by atoms with Crippen molar-refractivity contribution in [3.05, 3.63) is 0 Å². The number of hydrogen-bond donors (Lipinski definition) is 2. The highest BCUT2D eigenvalue weighted by atomic mass is 19.4. The van der Waals surface area contributed by atoms with Gasteiger partial charge < -0.3 is 10.6 Å². The van der Waals surface area contributed by atoms with Crippen LogP contribution in [0, 0.1) is 0 Å². The van der Waals surface area contributed by atoms with Gasteiger partial charge in [0.2, 0.25) is 0 Å². The van der Waals surface area contributed by atoms with Crippen molar-refractivity contribution in [2.24, 2.45) is 4.99 Å². The van der Waals surface area contributed by atoms with E-state index in [9.17, 15) is 13.2 Å². The van der Waals surface area contributed by atoms with E-state index in [1.807, 2.05) is 0 Å². The van der Waals surface area contributed by atoms with Gasteiger partial charge in [0.05, 0.1) is 6.54 Å². The standard InChI is InChI=1S/C16H30F3N5/c1-3-24-8-5-4-6-14(24)10-21-15(20-2)22-13-7-9-23(11-13)12-16(17,18)19/h13-14H,3-12H2,1-2H3,(H2,20,21,22). The van der Waals surface area contributed by atoms with Crippen molar-refractivity contribution in [2.45, 2.75) is 50.9 Å². The van der Waals surface area contributed by atoms with Crippen LogP contribution in [0.4, 0.5) is 13.2 Å². The van der Waals surface area contributed by atoms with Crippen LogP contribution >= 0.6 is 0 Å². The topological polar surface area (TPSA) is 42.9 Å². The first-order valence-corrected chi connectivity index (χ1v) is 8.91. The number of halogens is 3. The smallest absolute Gasteiger partial charge is 0.355 e. The fraction of sp³-hybridized carbons (Fsp3) is 0.938. The lowest BCUT2D eigenvalue weighted by Crippen LogP contribution is -2.51. The Morgan fingerprint density at radius 1 is 1.21 bits per heavy atom. The third kappa shape index (κ3) is 6.12. The molecule has 2 aliphatic rings. The normalized spacial score (nSPS) is 27.5. The molecule has 24 heavy (non-hydrogen) atoms. The molecule has 0 radical (unpaired) electrons. The van der Waals surface area contributed by atoms with E-state index in [4.69, 9.17) is 0 Å². The molecule has 8 heteroatoms. The van der Waals surface area contributed by atoms with Gasteiger partial charge in [0, 0.05) is 38.8 Å². The molecule has 0 amide bonds. The monoisotopic (exact) mass is 349 g/mol. The molecule has 5 nitrogen and oxygen atoms in total.